The van der Waals surface area contributed by atoms with E-state index in [0.29, 0.717) is 11.5 Å². The summed E-state index contributed by atoms with van der Waals surface area (Å²) in [6.07, 6.45) is 2.39. The van der Waals surface area contributed by atoms with Crippen molar-refractivity contribution in [2.24, 2.45) is 5.92 Å². The molecule has 164 valence electrons. The molecule has 0 unspecified atom stereocenters. The molecule has 0 radical (unpaired) electrons. The largest absolute Gasteiger partial charge is 0.422 e. The van der Waals surface area contributed by atoms with Gasteiger partial charge in [-0.25, -0.2) is 8.78 Å². The Morgan fingerprint density at radius 2 is 1.48 bits per heavy atom. The Morgan fingerprint density at radius 3 is 2.10 bits per heavy atom. The summed E-state index contributed by atoms with van der Waals surface area (Å²) in [5.74, 6) is -1.76. The molecule has 3 aromatic rings. The average Bonchev–Trinajstić information content (AvgIpc) is 2.73. The molecule has 5 heteroatoms. The van der Waals surface area contributed by atoms with Crippen LogP contribution in [0.2, 0.25) is 0 Å². The van der Waals surface area contributed by atoms with Crippen LogP contribution >= 0.6 is 0 Å². The number of alkyl halides is 3. The minimum atomic E-state index is -5.08. The van der Waals surface area contributed by atoms with Crippen molar-refractivity contribution in [1.82, 2.24) is 0 Å². The maximum Gasteiger partial charge on any atom is 0.422 e. The van der Waals surface area contributed by atoms with Gasteiger partial charge in [-0.1, -0.05) is 56.2 Å². The molecule has 1 aliphatic carbocycles. The number of benzene rings is 3. The normalized spacial score (nSPS) is 19.7. The lowest BCUT2D eigenvalue weighted by Crippen LogP contribution is -2.13. The van der Waals surface area contributed by atoms with E-state index in [4.69, 9.17) is 0 Å². The molecule has 0 N–H and O–H groups in total. The van der Waals surface area contributed by atoms with Gasteiger partial charge < -0.3 is 0 Å². The maximum absolute atomic E-state index is 14.3. The van der Waals surface area contributed by atoms with E-state index in [0.717, 1.165) is 17.5 Å². The first-order valence-corrected chi connectivity index (χ1v) is 10.9. The van der Waals surface area contributed by atoms with Crippen LogP contribution in [0.1, 0.15) is 62.5 Å². The van der Waals surface area contributed by atoms with Crippen molar-refractivity contribution < 1.29 is 22.0 Å². The fraction of sp³-hybridized carbons (Fsp3) is 0.385. The zero-order chi connectivity index (χ0) is 22.2. The number of hydrogen-bond acceptors (Lipinski definition) is 0. The third kappa shape index (κ3) is 4.46. The van der Waals surface area contributed by atoms with Crippen LogP contribution in [0.25, 0.3) is 21.9 Å². The summed E-state index contributed by atoms with van der Waals surface area (Å²) < 4.78 is 67.2. The first kappa shape index (κ1) is 21.8. The van der Waals surface area contributed by atoms with Crippen LogP contribution in [0.3, 0.4) is 0 Å². The molecule has 0 amide bonds. The number of fused-ring (bicyclic) bond motifs is 1. The molecule has 0 saturated heterocycles. The molecule has 1 saturated carbocycles. The van der Waals surface area contributed by atoms with Crippen molar-refractivity contribution in [2.45, 2.75) is 57.5 Å². The van der Waals surface area contributed by atoms with Gasteiger partial charge in [-0.3, -0.25) is 0 Å². The first-order valence-electron chi connectivity index (χ1n) is 10.9. The van der Waals surface area contributed by atoms with Crippen molar-refractivity contribution >= 4 is 10.8 Å². The van der Waals surface area contributed by atoms with Gasteiger partial charge in [0.2, 0.25) is 0 Å². The zero-order valence-corrected chi connectivity index (χ0v) is 17.4. The summed E-state index contributed by atoms with van der Waals surface area (Å²) in [5.41, 5.74) is 1.03. The lowest BCUT2D eigenvalue weighted by Gasteiger charge is -2.28. The molecule has 4 rings (SSSR count). The van der Waals surface area contributed by atoms with Gasteiger partial charge in [-0.2, -0.15) is 13.2 Å². The van der Waals surface area contributed by atoms with Gasteiger partial charge in [0.25, 0.3) is 0 Å². The van der Waals surface area contributed by atoms with Crippen molar-refractivity contribution in [3.05, 3.63) is 71.3 Å². The van der Waals surface area contributed by atoms with Crippen molar-refractivity contribution in [2.75, 3.05) is 0 Å². The molecular formula is C26H25F5. The van der Waals surface area contributed by atoms with Gasteiger partial charge in [-0.15, -0.1) is 0 Å². The van der Waals surface area contributed by atoms with E-state index in [2.05, 4.69) is 19.1 Å². The van der Waals surface area contributed by atoms with Crippen LogP contribution in [-0.4, -0.2) is 0 Å². The summed E-state index contributed by atoms with van der Waals surface area (Å²) in [7, 11) is 0. The molecule has 0 heterocycles. The van der Waals surface area contributed by atoms with Gasteiger partial charge in [0.1, 0.15) is 17.2 Å². The molecule has 0 bridgehead atoms. The van der Waals surface area contributed by atoms with E-state index in [1.807, 2.05) is 12.1 Å². The molecule has 1 aliphatic rings. The molecule has 0 nitrogen and oxygen atoms in total. The van der Waals surface area contributed by atoms with E-state index in [-0.39, 0.29) is 10.8 Å². The van der Waals surface area contributed by atoms with Crippen LogP contribution in [0, 0.1) is 17.6 Å². The van der Waals surface area contributed by atoms with Crippen LogP contribution in [0.15, 0.2) is 48.5 Å². The average molecular weight is 432 g/mol. The lowest BCUT2D eigenvalue weighted by atomic mass is 9.77. The van der Waals surface area contributed by atoms with Gasteiger partial charge in [-0.05, 0) is 71.7 Å². The second-order valence-electron chi connectivity index (χ2n) is 8.61. The quantitative estimate of drug-likeness (QED) is 0.361. The predicted octanol–water partition coefficient (Wildman–Crippen LogP) is 8.88. The Hall–Kier alpha value is -2.43. The number of hydrogen-bond donors (Lipinski definition) is 0. The first-order chi connectivity index (χ1) is 14.8. The molecular weight excluding hydrogens is 407 g/mol. The Labute approximate surface area is 179 Å². The topological polar surface area (TPSA) is 0 Å². The highest BCUT2D eigenvalue weighted by Gasteiger charge is 2.38. The highest BCUT2D eigenvalue weighted by molar-refractivity contribution is 5.88. The SMILES string of the molecule is CCCC1CCC(c2ccc(-c3ccc4c(F)c(C(F)(F)F)c(F)cc4c3)cc2)CC1. The third-order valence-corrected chi connectivity index (χ3v) is 6.57. The Morgan fingerprint density at radius 1 is 0.839 bits per heavy atom. The maximum atomic E-state index is 14.3. The number of rotatable bonds is 4. The summed E-state index contributed by atoms with van der Waals surface area (Å²) >= 11 is 0. The minimum absolute atomic E-state index is 0.110. The van der Waals surface area contributed by atoms with Crippen LogP contribution in [0.4, 0.5) is 22.0 Å². The molecule has 0 aliphatic heterocycles. The Kier molecular flexibility index (Phi) is 6.05. The fourth-order valence-electron chi connectivity index (χ4n) is 4.91. The van der Waals surface area contributed by atoms with Gasteiger partial charge in [0.15, 0.2) is 0 Å². The third-order valence-electron chi connectivity index (χ3n) is 6.57. The number of halogens is 5. The van der Waals surface area contributed by atoms with E-state index in [1.165, 1.54) is 56.2 Å². The van der Waals surface area contributed by atoms with Gasteiger partial charge >= 0.3 is 6.18 Å². The summed E-state index contributed by atoms with van der Waals surface area (Å²) in [4.78, 5) is 0. The van der Waals surface area contributed by atoms with Crippen LogP contribution < -0.4 is 0 Å². The predicted molar refractivity (Wildman–Crippen MR) is 114 cm³/mol. The monoisotopic (exact) mass is 432 g/mol. The fourth-order valence-corrected chi connectivity index (χ4v) is 4.91. The van der Waals surface area contributed by atoms with Gasteiger partial charge in [0.05, 0.1) is 0 Å². The van der Waals surface area contributed by atoms with Gasteiger partial charge in [0, 0.05) is 5.39 Å². The Balaban J connectivity index is 1.58. The molecule has 0 spiro atoms. The summed E-state index contributed by atoms with van der Waals surface area (Å²) in [6, 6.07) is 13.3. The highest BCUT2D eigenvalue weighted by Crippen LogP contribution is 2.39. The molecule has 0 atom stereocenters. The zero-order valence-electron chi connectivity index (χ0n) is 17.4. The van der Waals surface area contributed by atoms with Crippen molar-refractivity contribution in [3.8, 4) is 11.1 Å². The molecule has 0 aromatic heterocycles. The second-order valence-corrected chi connectivity index (χ2v) is 8.61. The van der Waals surface area contributed by atoms with Crippen molar-refractivity contribution in [1.29, 1.82) is 0 Å². The van der Waals surface area contributed by atoms with E-state index < -0.39 is 23.4 Å². The second kappa shape index (κ2) is 8.60. The molecule has 3 aromatic carbocycles. The van der Waals surface area contributed by atoms with Crippen LogP contribution in [0.5, 0.6) is 0 Å². The lowest BCUT2D eigenvalue weighted by molar-refractivity contribution is -0.142. The molecule has 1 fully saturated rings. The Bertz CT molecular complexity index is 1060. The highest BCUT2D eigenvalue weighted by atomic mass is 19.4. The summed E-state index contributed by atoms with van der Waals surface area (Å²) in [6.45, 7) is 2.23. The van der Waals surface area contributed by atoms with E-state index in [1.54, 1.807) is 6.07 Å². The minimum Gasteiger partial charge on any atom is -0.206 e. The van der Waals surface area contributed by atoms with Crippen molar-refractivity contribution in [3.63, 3.8) is 0 Å². The van der Waals surface area contributed by atoms with E-state index >= 15 is 0 Å². The van der Waals surface area contributed by atoms with Crippen LogP contribution in [-0.2, 0) is 6.18 Å². The standard InChI is InChI=1S/C26H25F5/c1-2-3-16-4-6-17(7-5-16)18-8-10-19(11-9-18)20-12-13-22-21(14-20)15-23(27)24(25(22)28)26(29,30)31/h8-17H,2-7H2,1H3. The van der Waals surface area contributed by atoms with E-state index in [9.17, 15) is 22.0 Å². The smallest absolute Gasteiger partial charge is 0.206 e. The molecule has 31 heavy (non-hydrogen) atoms. The summed E-state index contributed by atoms with van der Waals surface area (Å²) in [5, 5.41) is -0.128.